The van der Waals surface area contributed by atoms with Crippen LogP contribution in [0, 0.1) is 5.82 Å². The number of urea groups is 2. The van der Waals surface area contributed by atoms with Crippen LogP contribution < -0.4 is 20.9 Å². The minimum absolute atomic E-state index is 0.158. The van der Waals surface area contributed by atoms with Crippen molar-refractivity contribution in [1.82, 2.24) is 15.5 Å². The molecule has 2 aliphatic rings. The molecule has 4 rings (SSSR count). The van der Waals surface area contributed by atoms with Gasteiger partial charge in [-0.1, -0.05) is 0 Å². The van der Waals surface area contributed by atoms with Crippen molar-refractivity contribution in [2.75, 3.05) is 36.4 Å². The van der Waals surface area contributed by atoms with Gasteiger partial charge < -0.3 is 16.0 Å². The minimum Gasteiger partial charge on any atom is -0.336 e. The summed E-state index contributed by atoms with van der Waals surface area (Å²) < 4.78 is 14.1. The molecule has 0 spiro atoms. The van der Waals surface area contributed by atoms with Crippen molar-refractivity contribution in [2.24, 2.45) is 0 Å². The van der Waals surface area contributed by atoms with Crippen LogP contribution in [-0.4, -0.2) is 49.2 Å². The smallest absolute Gasteiger partial charge is 0.322 e. The SMILES string of the molecule is CC(CNC(=O)Nc1ccc(F)c(N2CCNC2=O)c1)N1CCc2sccc2C1. The maximum absolute atomic E-state index is 14.1. The fourth-order valence-corrected chi connectivity index (χ4v) is 4.58. The zero-order valence-electron chi connectivity index (χ0n) is 16.2. The molecule has 0 aliphatic carbocycles. The van der Waals surface area contributed by atoms with Gasteiger partial charge in [0.25, 0.3) is 0 Å². The predicted molar refractivity (Wildman–Crippen MR) is 112 cm³/mol. The van der Waals surface area contributed by atoms with E-state index in [1.807, 2.05) is 11.3 Å². The lowest BCUT2D eigenvalue weighted by atomic mass is 10.1. The molecule has 0 bridgehead atoms. The first-order chi connectivity index (χ1) is 14.0. The number of carbonyl (C=O) groups is 2. The number of nitrogens with one attached hydrogen (secondary N) is 3. The molecular weight excluding hydrogens is 393 g/mol. The van der Waals surface area contributed by atoms with E-state index in [4.69, 9.17) is 0 Å². The summed E-state index contributed by atoms with van der Waals surface area (Å²) in [6.07, 6.45) is 1.05. The summed E-state index contributed by atoms with van der Waals surface area (Å²) in [7, 11) is 0. The molecule has 1 saturated heterocycles. The number of carbonyl (C=O) groups excluding carboxylic acids is 2. The van der Waals surface area contributed by atoms with Crippen LogP contribution >= 0.6 is 11.3 Å². The van der Waals surface area contributed by atoms with Gasteiger partial charge in [-0.15, -0.1) is 11.3 Å². The first kappa shape index (κ1) is 19.7. The zero-order valence-corrected chi connectivity index (χ0v) is 17.0. The Morgan fingerprint density at radius 1 is 1.34 bits per heavy atom. The van der Waals surface area contributed by atoms with Crippen molar-refractivity contribution in [3.05, 3.63) is 45.9 Å². The zero-order chi connectivity index (χ0) is 20.4. The minimum atomic E-state index is -0.500. The number of benzene rings is 1. The van der Waals surface area contributed by atoms with E-state index in [2.05, 4.69) is 39.2 Å². The van der Waals surface area contributed by atoms with Crippen molar-refractivity contribution < 1.29 is 14.0 Å². The molecule has 1 aromatic carbocycles. The maximum atomic E-state index is 14.1. The fourth-order valence-electron chi connectivity index (χ4n) is 3.69. The monoisotopic (exact) mass is 417 g/mol. The molecule has 2 aliphatic heterocycles. The molecule has 3 heterocycles. The Balaban J connectivity index is 1.31. The van der Waals surface area contributed by atoms with Crippen molar-refractivity contribution in [3.8, 4) is 0 Å². The average molecular weight is 418 g/mol. The molecule has 4 amide bonds. The topological polar surface area (TPSA) is 76.7 Å². The summed E-state index contributed by atoms with van der Waals surface area (Å²) in [5.74, 6) is -0.500. The van der Waals surface area contributed by atoms with Gasteiger partial charge in [-0.25, -0.2) is 14.0 Å². The van der Waals surface area contributed by atoms with Gasteiger partial charge in [-0.2, -0.15) is 0 Å². The van der Waals surface area contributed by atoms with Gasteiger partial charge in [-0.3, -0.25) is 9.80 Å². The molecule has 0 radical (unpaired) electrons. The van der Waals surface area contributed by atoms with E-state index < -0.39 is 5.82 Å². The molecule has 0 saturated carbocycles. The molecule has 154 valence electrons. The highest BCUT2D eigenvalue weighted by molar-refractivity contribution is 7.10. The van der Waals surface area contributed by atoms with Crippen LogP contribution in [0.4, 0.5) is 25.4 Å². The molecule has 1 fully saturated rings. The van der Waals surface area contributed by atoms with E-state index >= 15 is 0 Å². The number of amides is 4. The first-order valence-corrected chi connectivity index (χ1v) is 10.6. The van der Waals surface area contributed by atoms with Crippen LogP contribution in [0.2, 0.25) is 0 Å². The Bertz CT molecular complexity index is 918. The van der Waals surface area contributed by atoms with Gasteiger partial charge in [0.15, 0.2) is 0 Å². The number of hydrogen-bond donors (Lipinski definition) is 3. The highest BCUT2D eigenvalue weighted by Crippen LogP contribution is 2.26. The Morgan fingerprint density at radius 3 is 3.00 bits per heavy atom. The third kappa shape index (κ3) is 4.35. The summed E-state index contributed by atoms with van der Waals surface area (Å²) in [4.78, 5) is 29.2. The van der Waals surface area contributed by atoms with Crippen LogP contribution in [0.25, 0.3) is 0 Å². The van der Waals surface area contributed by atoms with Crippen molar-refractivity contribution in [2.45, 2.75) is 25.9 Å². The van der Waals surface area contributed by atoms with Gasteiger partial charge in [0.05, 0.1) is 5.69 Å². The second kappa shape index (κ2) is 8.38. The third-order valence-electron chi connectivity index (χ3n) is 5.37. The van der Waals surface area contributed by atoms with Gasteiger partial charge in [0.1, 0.15) is 5.82 Å². The van der Waals surface area contributed by atoms with Gasteiger partial charge in [0.2, 0.25) is 0 Å². The third-order valence-corrected chi connectivity index (χ3v) is 6.39. The molecular formula is C20H24FN5O2S. The maximum Gasteiger partial charge on any atom is 0.322 e. The van der Waals surface area contributed by atoms with Crippen molar-refractivity contribution in [3.63, 3.8) is 0 Å². The van der Waals surface area contributed by atoms with E-state index in [0.29, 0.717) is 25.3 Å². The number of hydrogen-bond acceptors (Lipinski definition) is 4. The van der Waals surface area contributed by atoms with E-state index in [-0.39, 0.29) is 23.8 Å². The van der Waals surface area contributed by atoms with Crippen molar-refractivity contribution in [1.29, 1.82) is 0 Å². The Kier molecular flexibility index (Phi) is 5.68. The summed E-state index contributed by atoms with van der Waals surface area (Å²) in [5.41, 5.74) is 1.97. The summed E-state index contributed by atoms with van der Waals surface area (Å²) >= 11 is 1.81. The summed E-state index contributed by atoms with van der Waals surface area (Å²) in [6.45, 7) is 5.36. The summed E-state index contributed by atoms with van der Waals surface area (Å²) in [6, 6.07) is 5.90. The second-order valence-corrected chi connectivity index (χ2v) is 8.32. The molecule has 2 aromatic rings. The number of anilines is 2. The Hall–Kier alpha value is -2.65. The lowest BCUT2D eigenvalue weighted by Crippen LogP contribution is -2.45. The van der Waals surface area contributed by atoms with Crippen LogP contribution in [0.1, 0.15) is 17.4 Å². The van der Waals surface area contributed by atoms with Crippen molar-refractivity contribution >= 4 is 34.8 Å². The van der Waals surface area contributed by atoms with Gasteiger partial charge >= 0.3 is 12.1 Å². The Labute approximate surface area is 172 Å². The van der Waals surface area contributed by atoms with E-state index in [9.17, 15) is 14.0 Å². The quantitative estimate of drug-likeness (QED) is 0.700. The van der Waals surface area contributed by atoms with Crippen LogP contribution in [0.3, 0.4) is 0 Å². The van der Waals surface area contributed by atoms with E-state index in [1.54, 1.807) is 0 Å². The summed E-state index contributed by atoms with van der Waals surface area (Å²) in [5, 5.41) is 10.4. The second-order valence-electron chi connectivity index (χ2n) is 7.32. The van der Waals surface area contributed by atoms with E-state index in [1.165, 1.54) is 33.5 Å². The largest absolute Gasteiger partial charge is 0.336 e. The number of thiophene rings is 1. The molecule has 1 aromatic heterocycles. The number of fused-ring (bicyclic) bond motifs is 1. The molecule has 29 heavy (non-hydrogen) atoms. The van der Waals surface area contributed by atoms with Crippen LogP contribution in [0.15, 0.2) is 29.6 Å². The molecule has 9 heteroatoms. The van der Waals surface area contributed by atoms with Gasteiger partial charge in [0, 0.05) is 49.3 Å². The first-order valence-electron chi connectivity index (χ1n) is 9.70. The lowest BCUT2D eigenvalue weighted by molar-refractivity contribution is 0.188. The standard InChI is InChI=1S/C20H24FN5O2S/c1-13(25-7-4-18-14(12-25)5-9-29-18)11-23-19(27)24-15-2-3-16(21)17(10-15)26-8-6-22-20(26)28/h2-3,5,9-10,13H,4,6-8,11-12H2,1H3,(H,22,28)(H2,23,24,27). The van der Waals surface area contributed by atoms with Gasteiger partial charge in [-0.05, 0) is 48.6 Å². The van der Waals surface area contributed by atoms with Crippen LogP contribution in [0.5, 0.6) is 0 Å². The molecule has 3 N–H and O–H groups in total. The Morgan fingerprint density at radius 2 is 2.21 bits per heavy atom. The predicted octanol–water partition coefficient (Wildman–Crippen LogP) is 2.99. The highest BCUT2D eigenvalue weighted by atomic mass is 32.1. The number of halogens is 1. The molecule has 1 unspecified atom stereocenters. The fraction of sp³-hybridized carbons (Fsp3) is 0.400. The highest BCUT2D eigenvalue weighted by Gasteiger charge is 2.25. The molecule has 7 nitrogen and oxygen atoms in total. The lowest BCUT2D eigenvalue weighted by Gasteiger charge is -2.32. The molecule has 1 atom stereocenters. The number of nitrogens with zero attached hydrogens (tertiary/aromatic N) is 2. The van der Waals surface area contributed by atoms with Crippen LogP contribution in [-0.2, 0) is 13.0 Å². The van der Waals surface area contributed by atoms with E-state index in [0.717, 1.165) is 19.5 Å². The normalized spacial score (nSPS) is 17.6. The average Bonchev–Trinajstić information content (AvgIpc) is 3.35. The number of rotatable bonds is 5.